The van der Waals surface area contributed by atoms with Gasteiger partial charge in [0.1, 0.15) is 18.0 Å². The van der Waals surface area contributed by atoms with Crippen molar-refractivity contribution < 1.29 is 37.0 Å². The van der Waals surface area contributed by atoms with Crippen LogP contribution in [0.15, 0.2) is 48.5 Å². The monoisotopic (exact) mass is 451 g/mol. The number of likely N-dealkylation sites (N-methyl/N-ethyl adjacent to an activating group) is 1. The molecule has 0 saturated carbocycles. The SMILES string of the molecule is C[C@H]1Oc2ccccc2N(CC(=O)N(C)CC(=O)Nc2ccc(OC(F)(F)F)cc2)C1=O. The average Bonchev–Trinajstić information content (AvgIpc) is 2.71. The number of alkyl halides is 3. The minimum Gasteiger partial charge on any atom is -0.479 e. The molecule has 1 aliphatic rings. The van der Waals surface area contributed by atoms with Crippen molar-refractivity contribution in [2.75, 3.05) is 30.4 Å². The standard InChI is InChI=1S/C21H20F3N3O5/c1-13-20(30)27(16-5-3-4-6-17(16)31-13)12-19(29)26(2)11-18(28)25-14-7-9-15(10-8-14)32-21(22,23)24/h3-10,13H,11-12H2,1-2H3,(H,25,28)/t13-/m1/s1. The van der Waals surface area contributed by atoms with Crippen LogP contribution in [0, 0.1) is 0 Å². The maximum absolute atomic E-state index is 12.6. The number of carbonyl (C=O) groups is 3. The first-order chi connectivity index (χ1) is 15.0. The Morgan fingerprint density at radius 1 is 1.16 bits per heavy atom. The molecule has 170 valence electrons. The summed E-state index contributed by atoms with van der Waals surface area (Å²) in [7, 11) is 1.41. The van der Waals surface area contributed by atoms with Crippen molar-refractivity contribution in [3.8, 4) is 11.5 Å². The zero-order valence-electron chi connectivity index (χ0n) is 17.2. The molecule has 0 radical (unpaired) electrons. The fraction of sp³-hybridized carbons (Fsp3) is 0.286. The Morgan fingerprint density at radius 3 is 2.47 bits per heavy atom. The Labute approximate surface area is 181 Å². The third-order valence-electron chi connectivity index (χ3n) is 4.55. The first-order valence-corrected chi connectivity index (χ1v) is 9.50. The van der Waals surface area contributed by atoms with Gasteiger partial charge in [0.2, 0.25) is 11.8 Å². The van der Waals surface area contributed by atoms with Gasteiger partial charge in [-0.3, -0.25) is 19.3 Å². The van der Waals surface area contributed by atoms with E-state index in [0.29, 0.717) is 11.4 Å². The smallest absolute Gasteiger partial charge is 0.479 e. The lowest BCUT2D eigenvalue weighted by molar-refractivity contribution is -0.274. The number of para-hydroxylation sites is 2. The molecule has 0 bridgehead atoms. The van der Waals surface area contributed by atoms with Crippen LogP contribution in [0.4, 0.5) is 24.5 Å². The lowest BCUT2D eigenvalue weighted by Gasteiger charge is -2.33. The molecular weight excluding hydrogens is 431 g/mol. The van der Waals surface area contributed by atoms with E-state index in [4.69, 9.17) is 4.74 Å². The van der Waals surface area contributed by atoms with Crippen molar-refractivity contribution in [2.45, 2.75) is 19.4 Å². The van der Waals surface area contributed by atoms with Gasteiger partial charge in [-0.05, 0) is 43.3 Å². The summed E-state index contributed by atoms with van der Waals surface area (Å²) in [6, 6.07) is 11.4. The highest BCUT2D eigenvalue weighted by molar-refractivity contribution is 6.04. The molecule has 1 atom stereocenters. The van der Waals surface area contributed by atoms with Gasteiger partial charge in [0.15, 0.2) is 6.10 Å². The van der Waals surface area contributed by atoms with E-state index in [-0.39, 0.29) is 24.7 Å². The first kappa shape index (κ1) is 22.9. The quantitative estimate of drug-likeness (QED) is 0.730. The largest absolute Gasteiger partial charge is 0.573 e. The van der Waals surface area contributed by atoms with Gasteiger partial charge in [0.25, 0.3) is 5.91 Å². The van der Waals surface area contributed by atoms with Crippen LogP contribution >= 0.6 is 0 Å². The fourth-order valence-electron chi connectivity index (χ4n) is 3.02. The molecule has 1 N–H and O–H groups in total. The van der Waals surface area contributed by atoms with Gasteiger partial charge in [0.05, 0.1) is 12.2 Å². The zero-order chi connectivity index (χ0) is 23.5. The molecule has 8 nitrogen and oxygen atoms in total. The van der Waals surface area contributed by atoms with Crippen molar-refractivity contribution in [1.82, 2.24) is 4.90 Å². The number of amides is 3. The number of hydrogen-bond acceptors (Lipinski definition) is 5. The van der Waals surface area contributed by atoms with E-state index >= 15 is 0 Å². The highest BCUT2D eigenvalue weighted by Crippen LogP contribution is 2.33. The predicted octanol–water partition coefficient (Wildman–Crippen LogP) is 2.80. The van der Waals surface area contributed by atoms with E-state index in [1.54, 1.807) is 31.2 Å². The van der Waals surface area contributed by atoms with Crippen LogP contribution in [0.25, 0.3) is 0 Å². The molecule has 0 unspecified atom stereocenters. The zero-order valence-corrected chi connectivity index (χ0v) is 17.2. The summed E-state index contributed by atoms with van der Waals surface area (Å²) in [6.07, 6.45) is -5.57. The average molecular weight is 451 g/mol. The number of nitrogens with zero attached hydrogens (tertiary/aromatic N) is 2. The molecule has 1 heterocycles. The van der Waals surface area contributed by atoms with E-state index in [1.807, 2.05) is 0 Å². The Balaban J connectivity index is 1.57. The first-order valence-electron chi connectivity index (χ1n) is 9.50. The molecule has 0 fully saturated rings. The van der Waals surface area contributed by atoms with E-state index in [2.05, 4.69) is 10.1 Å². The Bertz CT molecular complexity index is 1010. The highest BCUT2D eigenvalue weighted by atomic mass is 19.4. The number of halogens is 3. The maximum atomic E-state index is 12.6. The third kappa shape index (κ3) is 5.68. The van der Waals surface area contributed by atoms with Gasteiger partial charge in [-0.25, -0.2) is 0 Å². The number of benzene rings is 2. The molecule has 0 aromatic heterocycles. The Kier molecular flexibility index (Phi) is 6.56. The lowest BCUT2D eigenvalue weighted by Crippen LogP contribution is -2.49. The van der Waals surface area contributed by atoms with E-state index in [0.717, 1.165) is 17.0 Å². The van der Waals surface area contributed by atoms with Crippen LogP contribution in [-0.4, -0.2) is 55.2 Å². The number of nitrogens with one attached hydrogen (secondary N) is 1. The molecule has 0 spiro atoms. The number of ether oxygens (including phenoxy) is 2. The predicted molar refractivity (Wildman–Crippen MR) is 108 cm³/mol. The van der Waals surface area contributed by atoms with E-state index in [9.17, 15) is 27.6 Å². The Morgan fingerprint density at radius 2 is 1.81 bits per heavy atom. The lowest BCUT2D eigenvalue weighted by atomic mass is 10.2. The van der Waals surface area contributed by atoms with Crippen LogP contribution in [-0.2, 0) is 14.4 Å². The summed E-state index contributed by atoms with van der Waals surface area (Å²) in [4.78, 5) is 39.8. The number of hydrogen-bond donors (Lipinski definition) is 1. The molecule has 1 aliphatic heterocycles. The number of rotatable bonds is 6. The molecule has 2 aromatic carbocycles. The van der Waals surface area contributed by atoms with E-state index < -0.39 is 30.0 Å². The number of anilines is 2. The van der Waals surface area contributed by atoms with E-state index in [1.165, 1.54) is 24.1 Å². The van der Waals surface area contributed by atoms with Crippen LogP contribution < -0.4 is 19.7 Å². The van der Waals surface area contributed by atoms with Gasteiger partial charge >= 0.3 is 6.36 Å². The second kappa shape index (κ2) is 9.16. The minimum atomic E-state index is -4.81. The molecule has 2 aromatic rings. The fourth-order valence-corrected chi connectivity index (χ4v) is 3.02. The van der Waals surface area contributed by atoms with Crippen molar-refractivity contribution in [3.05, 3.63) is 48.5 Å². The molecule has 0 aliphatic carbocycles. The minimum absolute atomic E-state index is 0.233. The van der Waals surface area contributed by atoms with Crippen molar-refractivity contribution in [1.29, 1.82) is 0 Å². The highest BCUT2D eigenvalue weighted by Gasteiger charge is 2.33. The summed E-state index contributed by atoms with van der Waals surface area (Å²) in [6.45, 7) is 0.976. The molecule has 0 saturated heterocycles. The number of fused-ring (bicyclic) bond motifs is 1. The van der Waals surface area contributed by atoms with Crippen molar-refractivity contribution in [2.24, 2.45) is 0 Å². The Hall–Kier alpha value is -3.76. The molecule has 32 heavy (non-hydrogen) atoms. The van der Waals surface area contributed by atoms with Crippen LogP contribution in [0.1, 0.15) is 6.92 Å². The van der Waals surface area contributed by atoms with Gasteiger partial charge < -0.3 is 19.7 Å². The summed E-state index contributed by atoms with van der Waals surface area (Å²) >= 11 is 0. The maximum Gasteiger partial charge on any atom is 0.573 e. The second-order valence-electron chi connectivity index (χ2n) is 7.02. The van der Waals surface area contributed by atoms with Gasteiger partial charge in [-0.2, -0.15) is 0 Å². The summed E-state index contributed by atoms with van der Waals surface area (Å²) in [5.74, 6) is -1.37. The molecule has 3 rings (SSSR count). The summed E-state index contributed by atoms with van der Waals surface area (Å²) in [5, 5.41) is 2.48. The van der Waals surface area contributed by atoms with Crippen LogP contribution in [0.2, 0.25) is 0 Å². The summed E-state index contributed by atoms with van der Waals surface area (Å²) < 4.78 is 45.9. The number of carbonyl (C=O) groups excluding carboxylic acids is 3. The topological polar surface area (TPSA) is 88.2 Å². The van der Waals surface area contributed by atoms with Crippen molar-refractivity contribution in [3.63, 3.8) is 0 Å². The van der Waals surface area contributed by atoms with Crippen LogP contribution in [0.3, 0.4) is 0 Å². The van der Waals surface area contributed by atoms with Crippen LogP contribution in [0.5, 0.6) is 11.5 Å². The second-order valence-corrected chi connectivity index (χ2v) is 7.02. The van der Waals surface area contributed by atoms with Crippen molar-refractivity contribution >= 4 is 29.1 Å². The summed E-state index contributed by atoms with van der Waals surface area (Å²) in [5.41, 5.74) is 0.694. The van der Waals surface area contributed by atoms with Gasteiger partial charge in [0, 0.05) is 12.7 Å². The van der Waals surface area contributed by atoms with Gasteiger partial charge in [-0.15, -0.1) is 13.2 Å². The molecule has 11 heteroatoms. The van der Waals surface area contributed by atoms with Gasteiger partial charge in [-0.1, -0.05) is 12.1 Å². The normalized spacial score (nSPS) is 15.5. The third-order valence-corrected chi connectivity index (χ3v) is 4.55. The molecule has 3 amide bonds. The molecular formula is C21H20F3N3O5.